The SMILES string of the molecule is COCCNCc1ccn(-c2cccc(C)c2C)n1. The van der Waals surface area contributed by atoms with Crippen LogP contribution in [0.3, 0.4) is 0 Å². The average Bonchev–Trinajstić information content (AvgIpc) is 2.87. The Morgan fingerprint density at radius 1 is 1.26 bits per heavy atom. The van der Waals surface area contributed by atoms with E-state index >= 15 is 0 Å². The lowest BCUT2D eigenvalue weighted by atomic mass is 10.1. The fourth-order valence-corrected chi connectivity index (χ4v) is 1.96. The van der Waals surface area contributed by atoms with E-state index in [0.29, 0.717) is 0 Å². The molecule has 1 N–H and O–H groups in total. The summed E-state index contributed by atoms with van der Waals surface area (Å²) in [7, 11) is 1.71. The first-order chi connectivity index (χ1) is 9.22. The second-order valence-electron chi connectivity index (χ2n) is 4.64. The van der Waals surface area contributed by atoms with Crippen LogP contribution < -0.4 is 5.32 Å². The third-order valence-electron chi connectivity index (χ3n) is 3.26. The first-order valence-electron chi connectivity index (χ1n) is 6.53. The first-order valence-corrected chi connectivity index (χ1v) is 6.53. The van der Waals surface area contributed by atoms with Crippen LogP contribution in [0.5, 0.6) is 0 Å². The van der Waals surface area contributed by atoms with Crippen molar-refractivity contribution in [3.63, 3.8) is 0 Å². The normalized spacial score (nSPS) is 10.9. The van der Waals surface area contributed by atoms with Gasteiger partial charge < -0.3 is 10.1 Å². The van der Waals surface area contributed by atoms with Crippen LogP contribution >= 0.6 is 0 Å². The van der Waals surface area contributed by atoms with Gasteiger partial charge in [-0.3, -0.25) is 0 Å². The summed E-state index contributed by atoms with van der Waals surface area (Å²) in [5, 5.41) is 7.89. The molecule has 0 aliphatic heterocycles. The Labute approximate surface area is 114 Å². The van der Waals surface area contributed by atoms with Crippen molar-refractivity contribution in [2.24, 2.45) is 0 Å². The van der Waals surface area contributed by atoms with Gasteiger partial charge in [0.15, 0.2) is 0 Å². The molecule has 0 saturated carbocycles. The molecule has 4 heteroatoms. The van der Waals surface area contributed by atoms with Gasteiger partial charge >= 0.3 is 0 Å². The molecule has 4 nitrogen and oxygen atoms in total. The molecular formula is C15H21N3O. The van der Waals surface area contributed by atoms with Crippen LogP contribution in [-0.2, 0) is 11.3 Å². The Morgan fingerprint density at radius 3 is 2.89 bits per heavy atom. The predicted molar refractivity (Wildman–Crippen MR) is 76.6 cm³/mol. The number of hydrogen-bond donors (Lipinski definition) is 1. The number of nitrogens with zero attached hydrogens (tertiary/aromatic N) is 2. The Bertz CT molecular complexity index is 534. The number of ether oxygens (including phenoxy) is 1. The standard InChI is InChI=1S/C15H21N3O/c1-12-5-4-6-15(13(12)2)18-9-7-14(17-18)11-16-8-10-19-3/h4-7,9,16H,8,10-11H2,1-3H3. The van der Waals surface area contributed by atoms with Crippen molar-refractivity contribution < 1.29 is 4.74 Å². The number of nitrogens with one attached hydrogen (secondary N) is 1. The maximum atomic E-state index is 5.00. The van der Waals surface area contributed by atoms with E-state index in [1.165, 1.54) is 11.1 Å². The van der Waals surface area contributed by atoms with Crippen molar-refractivity contribution in [3.05, 3.63) is 47.3 Å². The summed E-state index contributed by atoms with van der Waals surface area (Å²) in [5.41, 5.74) is 4.73. The maximum absolute atomic E-state index is 5.00. The third kappa shape index (κ3) is 3.43. The topological polar surface area (TPSA) is 39.1 Å². The molecule has 0 atom stereocenters. The highest BCUT2D eigenvalue weighted by Crippen LogP contribution is 2.16. The van der Waals surface area contributed by atoms with E-state index in [-0.39, 0.29) is 0 Å². The maximum Gasteiger partial charge on any atom is 0.0766 e. The molecule has 19 heavy (non-hydrogen) atoms. The zero-order chi connectivity index (χ0) is 13.7. The largest absolute Gasteiger partial charge is 0.383 e. The minimum Gasteiger partial charge on any atom is -0.383 e. The lowest BCUT2D eigenvalue weighted by molar-refractivity contribution is 0.199. The molecule has 0 amide bonds. The van der Waals surface area contributed by atoms with Crippen LogP contribution in [-0.4, -0.2) is 30.0 Å². The third-order valence-corrected chi connectivity index (χ3v) is 3.26. The number of methoxy groups -OCH3 is 1. The first kappa shape index (κ1) is 13.8. The molecule has 1 heterocycles. The summed E-state index contributed by atoms with van der Waals surface area (Å²) in [4.78, 5) is 0. The summed E-state index contributed by atoms with van der Waals surface area (Å²) in [6.07, 6.45) is 2.01. The van der Waals surface area contributed by atoms with E-state index in [0.717, 1.165) is 31.1 Å². The number of rotatable bonds is 6. The Balaban J connectivity index is 2.06. The highest BCUT2D eigenvalue weighted by Gasteiger charge is 2.05. The highest BCUT2D eigenvalue weighted by molar-refractivity contribution is 5.44. The predicted octanol–water partition coefficient (Wildman–Crippen LogP) is 2.23. The van der Waals surface area contributed by atoms with Gasteiger partial charge in [0, 0.05) is 26.4 Å². The van der Waals surface area contributed by atoms with E-state index in [9.17, 15) is 0 Å². The number of aryl methyl sites for hydroxylation is 1. The molecule has 1 aromatic carbocycles. The molecule has 1 aromatic heterocycles. The molecular weight excluding hydrogens is 238 g/mol. The molecule has 0 aliphatic carbocycles. The van der Waals surface area contributed by atoms with Gasteiger partial charge in [-0.1, -0.05) is 12.1 Å². The number of benzene rings is 1. The van der Waals surface area contributed by atoms with Crippen molar-refractivity contribution >= 4 is 0 Å². The van der Waals surface area contributed by atoms with Crippen LogP contribution in [0, 0.1) is 13.8 Å². The molecule has 0 spiro atoms. The number of hydrogen-bond acceptors (Lipinski definition) is 3. The minimum atomic E-state index is 0.720. The fraction of sp³-hybridized carbons (Fsp3) is 0.400. The second-order valence-corrected chi connectivity index (χ2v) is 4.64. The molecule has 0 bridgehead atoms. The summed E-state index contributed by atoms with van der Waals surface area (Å²) < 4.78 is 6.94. The molecule has 0 radical (unpaired) electrons. The van der Waals surface area contributed by atoms with E-state index in [2.05, 4.69) is 42.5 Å². The average molecular weight is 259 g/mol. The van der Waals surface area contributed by atoms with Crippen LogP contribution in [0.4, 0.5) is 0 Å². The molecule has 0 saturated heterocycles. The van der Waals surface area contributed by atoms with Crippen molar-refractivity contribution in [3.8, 4) is 5.69 Å². The molecule has 0 aliphatic rings. The quantitative estimate of drug-likeness (QED) is 0.809. The van der Waals surface area contributed by atoms with Gasteiger partial charge in [-0.25, -0.2) is 4.68 Å². The van der Waals surface area contributed by atoms with E-state index in [1.807, 2.05) is 16.9 Å². The molecule has 0 fully saturated rings. The summed E-state index contributed by atoms with van der Waals surface area (Å²) in [5.74, 6) is 0. The zero-order valence-corrected chi connectivity index (χ0v) is 11.8. The minimum absolute atomic E-state index is 0.720. The van der Waals surface area contributed by atoms with Gasteiger partial charge in [0.05, 0.1) is 18.0 Å². The van der Waals surface area contributed by atoms with Crippen molar-refractivity contribution in [2.75, 3.05) is 20.3 Å². The van der Waals surface area contributed by atoms with Gasteiger partial charge in [-0.2, -0.15) is 5.10 Å². The second kappa shape index (κ2) is 6.50. The summed E-state index contributed by atoms with van der Waals surface area (Å²) in [6, 6.07) is 8.32. The Hall–Kier alpha value is -1.65. The lowest BCUT2D eigenvalue weighted by Gasteiger charge is -2.08. The van der Waals surface area contributed by atoms with E-state index < -0.39 is 0 Å². The summed E-state index contributed by atoms with van der Waals surface area (Å²) in [6.45, 7) is 6.57. The van der Waals surface area contributed by atoms with E-state index in [4.69, 9.17) is 4.74 Å². The van der Waals surface area contributed by atoms with Crippen LogP contribution in [0.2, 0.25) is 0 Å². The monoisotopic (exact) mass is 259 g/mol. The number of aromatic nitrogens is 2. The summed E-state index contributed by atoms with van der Waals surface area (Å²) >= 11 is 0. The van der Waals surface area contributed by atoms with E-state index in [1.54, 1.807) is 7.11 Å². The van der Waals surface area contributed by atoms with Crippen molar-refractivity contribution in [1.29, 1.82) is 0 Å². The van der Waals surface area contributed by atoms with Crippen LogP contribution in [0.25, 0.3) is 5.69 Å². The van der Waals surface area contributed by atoms with Crippen LogP contribution in [0.15, 0.2) is 30.5 Å². The fourth-order valence-electron chi connectivity index (χ4n) is 1.96. The van der Waals surface area contributed by atoms with Crippen molar-refractivity contribution in [2.45, 2.75) is 20.4 Å². The lowest BCUT2D eigenvalue weighted by Crippen LogP contribution is -2.18. The molecule has 2 aromatic rings. The Morgan fingerprint density at radius 2 is 2.11 bits per heavy atom. The van der Waals surface area contributed by atoms with Gasteiger partial charge in [0.2, 0.25) is 0 Å². The van der Waals surface area contributed by atoms with Crippen LogP contribution in [0.1, 0.15) is 16.8 Å². The highest BCUT2D eigenvalue weighted by atomic mass is 16.5. The van der Waals surface area contributed by atoms with Gasteiger partial charge in [-0.05, 0) is 37.1 Å². The molecule has 102 valence electrons. The smallest absolute Gasteiger partial charge is 0.0766 e. The Kier molecular flexibility index (Phi) is 4.71. The molecule has 2 rings (SSSR count). The zero-order valence-electron chi connectivity index (χ0n) is 11.8. The van der Waals surface area contributed by atoms with Gasteiger partial charge in [-0.15, -0.1) is 0 Å². The molecule has 0 unspecified atom stereocenters. The van der Waals surface area contributed by atoms with Crippen molar-refractivity contribution in [1.82, 2.24) is 15.1 Å². The van der Waals surface area contributed by atoms with Gasteiger partial charge in [0.1, 0.15) is 0 Å². The van der Waals surface area contributed by atoms with Gasteiger partial charge in [0.25, 0.3) is 0 Å².